The third kappa shape index (κ3) is 4.31. The minimum Gasteiger partial charge on any atom is -0.488 e. The summed E-state index contributed by atoms with van der Waals surface area (Å²) in [7, 11) is 0. The first kappa shape index (κ1) is 16.4. The predicted octanol–water partition coefficient (Wildman–Crippen LogP) is 5.27. The summed E-state index contributed by atoms with van der Waals surface area (Å²) in [6.45, 7) is 0.424. The van der Waals surface area contributed by atoms with Gasteiger partial charge in [-0.25, -0.2) is 0 Å². The molecule has 0 N–H and O–H groups in total. The fraction of sp³-hybridized carbons (Fsp3) is 0.0526. The van der Waals surface area contributed by atoms with Crippen molar-refractivity contribution >= 4 is 34.8 Å². The summed E-state index contributed by atoms with van der Waals surface area (Å²) in [6.07, 6.45) is 6.79. The molecule has 120 valence electrons. The van der Waals surface area contributed by atoms with Crippen LogP contribution in [0.2, 0.25) is 4.34 Å². The smallest absolute Gasteiger partial charge is 0.195 e. The van der Waals surface area contributed by atoms with E-state index in [-0.39, 0.29) is 5.78 Å². The van der Waals surface area contributed by atoms with Crippen molar-refractivity contribution in [2.75, 3.05) is 0 Å². The third-order valence-corrected chi connectivity index (χ3v) is 4.51. The van der Waals surface area contributed by atoms with Crippen molar-refractivity contribution < 1.29 is 9.53 Å². The van der Waals surface area contributed by atoms with Crippen molar-refractivity contribution in [3.63, 3.8) is 0 Å². The summed E-state index contributed by atoms with van der Waals surface area (Å²) < 4.78 is 6.45. The quantitative estimate of drug-likeness (QED) is 0.446. The van der Waals surface area contributed by atoms with Crippen LogP contribution in [0.4, 0.5) is 0 Å². The van der Waals surface area contributed by atoms with Crippen LogP contribution in [0.5, 0.6) is 5.75 Å². The van der Waals surface area contributed by atoms with E-state index in [2.05, 4.69) is 4.98 Å². The number of hydrogen-bond acceptors (Lipinski definition) is 4. The van der Waals surface area contributed by atoms with E-state index < -0.39 is 0 Å². The number of rotatable bonds is 6. The first-order valence-corrected chi connectivity index (χ1v) is 8.50. The fourth-order valence-electron chi connectivity index (χ4n) is 2.09. The molecule has 0 saturated heterocycles. The number of aromatic nitrogens is 1. The lowest BCUT2D eigenvalue weighted by molar-refractivity contribution is 0.105. The summed E-state index contributed by atoms with van der Waals surface area (Å²) in [4.78, 5) is 16.8. The number of carbonyl (C=O) groups is 1. The molecule has 0 amide bonds. The number of ether oxygens (including phenoxy) is 1. The highest BCUT2D eigenvalue weighted by molar-refractivity contribution is 7.18. The lowest BCUT2D eigenvalue weighted by Crippen LogP contribution is -1.97. The van der Waals surface area contributed by atoms with Gasteiger partial charge in [0.2, 0.25) is 0 Å². The molecule has 0 aliphatic carbocycles. The standard InChI is InChI=1S/C19H14ClNO2S/c20-19-10-9-18(24-19)16(22)8-7-15-5-1-2-6-17(15)23-13-14-4-3-11-21-12-14/h1-12H,13H2/b8-7+. The van der Waals surface area contributed by atoms with Crippen LogP contribution in [0.25, 0.3) is 6.08 Å². The second kappa shape index (κ2) is 7.90. The number of para-hydroxylation sites is 1. The Morgan fingerprint density at radius 2 is 2.04 bits per heavy atom. The zero-order valence-electron chi connectivity index (χ0n) is 12.7. The minimum atomic E-state index is -0.0750. The van der Waals surface area contributed by atoms with Crippen molar-refractivity contribution in [2.45, 2.75) is 6.61 Å². The van der Waals surface area contributed by atoms with Gasteiger partial charge in [-0.2, -0.15) is 0 Å². The number of pyridine rings is 1. The monoisotopic (exact) mass is 355 g/mol. The zero-order chi connectivity index (χ0) is 16.8. The summed E-state index contributed by atoms with van der Waals surface area (Å²) >= 11 is 7.13. The number of hydrogen-bond donors (Lipinski definition) is 0. The SMILES string of the molecule is O=C(/C=C/c1ccccc1OCc1cccnc1)c1ccc(Cl)s1. The maximum atomic E-state index is 12.1. The largest absolute Gasteiger partial charge is 0.488 e. The van der Waals surface area contributed by atoms with E-state index in [1.807, 2.05) is 36.4 Å². The minimum absolute atomic E-state index is 0.0750. The molecule has 3 aromatic rings. The highest BCUT2D eigenvalue weighted by Gasteiger charge is 2.06. The van der Waals surface area contributed by atoms with E-state index >= 15 is 0 Å². The van der Waals surface area contributed by atoms with Crippen molar-refractivity contribution in [3.8, 4) is 5.75 Å². The van der Waals surface area contributed by atoms with Gasteiger partial charge in [-0.3, -0.25) is 9.78 Å². The molecule has 0 spiro atoms. The van der Waals surface area contributed by atoms with Gasteiger partial charge in [0, 0.05) is 23.5 Å². The van der Waals surface area contributed by atoms with Gasteiger partial charge in [-0.15, -0.1) is 11.3 Å². The molecule has 0 saturated carbocycles. The van der Waals surface area contributed by atoms with Crippen LogP contribution in [-0.4, -0.2) is 10.8 Å². The Morgan fingerprint density at radius 1 is 1.17 bits per heavy atom. The lowest BCUT2D eigenvalue weighted by atomic mass is 10.1. The Bertz CT molecular complexity index is 859. The molecule has 0 bridgehead atoms. The highest BCUT2D eigenvalue weighted by Crippen LogP contribution is 2.24. The first-order chi connectivity index (χ1) is 11.7. The Kier molecular flexibility index (Phi) is 5.41. The van der Waals surface area contributed by atoms with E-state index in [4.69, 9.17) is 16.3 Å². The number of halogens is 1. The Hall–Kier alpha value is -2.43. The molecular weight excluding hydrogens is 342 g/mol. The zero-order valence-corrected chi connectivity index (χ0v) is 14.3. The van der Waals surface area contributed by atoms with Gasteiger partial charge in [0.15, 0.2) is 5.78 Å². The van der Waals surface area contributed by atoms with Gasteiger partial charge in [0.25, 0.3) is 0 Å². The number of ketones is 1. The molecule has 0 aliphatic rings. The van der Waals surface area contributed by atoms with E-state index in [9.17, 15) is 4.79 Å². The summed E-state index contributed by atoms with van der Waals surface area (Å²) in [6, 6.07) is 14.9. The molecule has 0 atom stereocenters. The van der Waals surface area contributed by atoms with Crippen LogP contribution in [0.3, 0.4) is 0 Å². The average molecular weight is 356 g/mol. The molecular formula is C19H14ClNO2S. The molecule has 0 unspecified atom stereocenters. The van der Waals surface area contributed by atoms with Gasteiger partial charge in [0.1, 0.15) is 12.4 Å². The lowest BCUT2D eigenvalue weighted by Gasteiger charge is -2.08. The Balaban J connectivity index is 1.72. The van der Waals surface area contributed by atoms with Crippen molar-refractivity contribution in [3.05, 3.63) is 87.3 Å². The van der Waals surface area contributed by atoms with Crippen LogP contribution in [0, 0.1) is 0 Å². The van der Waals surface area contributed by atoms with Gasteiger partial charge in [-0.05, 0) is 36.4 Å². The summed E-state index contributed by atoms with van der Waals surface area (Å²) in [5, 5.41) is 0. The highest BCUT2D eigenvalue weighted by atomic mass is 35.5. The molecule has 0 fully saturated rings. The van der Waals surface area contributed by atoms with E-state index in [0.717, 1.165) is 16.9 Å². The van der Waals surface area contributed by atoms with Crippen LogP contribution >= 0.6 is 22.9 Å². The van der Waals surface area contributed by atoms with E-state index in [1.165, 1.54) is 17.4 Å². The van der Waals surface area contributed by atoms with Crippen LogP contribution in [-0.2, 0) is 6.61 Å². The molecule has 3 rings (SSSR count). The first-order valence-electron chi connectivity index (χ1n) is 7.31. The molecule has 5 heteroatoms. The van der Waals surface area contributed by atoms with Crippen LogP contribution < -0.4 is 4.74 Å². The molecule has 0 radical (unpaired) electrons. The van der Waals surface area contributed by atoms with E-state index in [1.54, 1.807) is 30.6 Å². The predicted molar refractivity (Wildman–Crippen MR) is 97.7 cm³/mol. The maximum absolute atomic E-state index is 12.1. The number of nitrogens with zero attached hydrogens (tertiary/aromatic N) is 1. The van der Waals surface area contributed by atoms with Gasteiger partial charge < -0.3 is 4.74 Å². The Labute approximate surface area is 149 Å². The fourth-order valence-corrected chi connectivity index (χ4v) is 3.05. The van der Waals surface area contributed by atoms with Gasteiger partial charge in [0.05, 0.1) is 9.21 Å². The van der Waals surface area contributed by atoms with Crippen molar-refractivity contribution in [2.24, 2.45) is 0 Å². The van der Waals surface area contributed by atoms with Gasteiger partial charge >= 0.3 is 0 Å². The van der Waals surface area contributed by atoms with Crippen molar-refractivity contribution in [1.82, 2.24) is 4.98 Å². The summed E-state index contributed by atoms with van der Waals surface area (Å²) in [5.41, 5.74) is 1.83. The maximum Gasteiger partial charge on any atom is 0.195 e. The molecule has 2 heterocycles. The topological polar surface area (TPSA) is 39.2 Å². The van der Waals surface area contributed by atoms with Crippen molar-refractivity contribution in [1.29, 1.82) is 0 Å². The van der Waals surface area contributed by atoms with E-state index in [0.29, 0.717) is 15.8 Å². The number of allylic oxidation sites excluding steroid dienone is 1. The molecule has 24 heavy (non-hydrogen) atoms. The second-order valence-corrected chi connectivity index (χ2v) is 6.70. The average Bonchev–Trinajstić information content (AvgIpc) is 3.06. The molecule has 0 aliphatic heterocycles. The third-order valence-electron chi connectivity index (χ3n) is 3.27. The number of thiophene rings is 1. The number of carbonyl (C=O) groups excluding carboxylic acids is 1. The second-order valence-electron chi connectivity index (χ2n) is 4.99. The van der Waals surface area contributed by atoms with Gasteiger partial charge in [-0.1, -0.05) is 35.9 Å². The van der Waals surface area contributed by atoms with Crippen LogP contribution in [0.1, 0.15) is 20.8 Å². The normalized spacial score (nSPS) is 10.9. The summed E-state index contributed by atoms with van der Waals surface area (Å²) in [5.74, 6) is 0.642. The molecule has 2 aromatic heterocycles. The number of benzene rings is 1. The van der Waals surface area contributed by atoms with Crippen LogP contribution in [0.15, 0.2) is 67.0 Å². The molecule has 3 nitrogen and oxygen atoms in total. The molecule has 1 aromatic carbocycles. The Morgan fingerprint density at radius 3 is 2.79 bits per heavy atom.